The summed E-state index contributed by atoms with van der Waals surface area (Å²) in [7, 11) is 2.89. The van der Waals surface area contributed by atoms with Crippen molar-refractivity contribution in [3.05, 3.63) is 94.6 Å². The van der Waals surface area contributed by atoms with Crippen LogP contribution in [-0.2, 0) is 37.7 Å². The molecule has 2 aliphatic heterocycles. The largest absolute Gasteiger partial charge is 0.497 e. The van der Waals surface area contributed by atoms with E-state index >= 15 is 0 Å². The molecule has 0 fully saturated rings. The highest BCUT2D eigenvalue weighted by atomic mass is 16.7. The van der Waals surface area contributed by atoms with Crippen molar-refractivity contribution in [1.82, 2.24) is 0 Å². The van der Waals surface area contributed by atoms with E-state index in [1.54, 1.807) is 49.6 Å². The zero-order chi connectivity index (χ0) is 25.3. The number of benzene rings is 3. The van der Waals surface area contributed by atoms with Gasteiger partial charge in [0, 0.05) is 17.6 Å². The van der Waals surface area contributed by atoms with E-state index in [4.69, 9.17) is 23.7 Å². The Morgan fingerprint density at radius 2 is 1.64 bits per heavy atom. The number of aliphatic hydroxyl groups is 1. The van der Waals surface area contributed by atoms with Gasteiger partial charge in [0.05, 0.1) is 26.2 Å². The smallest absolute Gasteiger partial charge is 0.342 e. The minimum Gasteiger partial charge on any atom is -0.497 e. The molecule has 1 N–H and O–H groups in total. The SMILES string of the molecule is COC(=O)Cc1ccc(CC2=C(c3ccc4c(c3)OCO4)C(=O)OC2(O)c2ccc(OC)cc2)cc1. The first kappa shape index (κ1) is 23.4. The fraction of sp³-hybridized carbons (Fsp3) is 0.214. The number of ether oxygens (including phenoxy) is 5. The van der Waals surface area contributed by atoms with Crippen LogP contribution in [0, 0.1) is 0 Å². The van der Waals surface area contributed by atoms with Crippen molar-refractivity contribution in [3.63, 3.8) is 0 Å². The quantitative estimate of drug-likeness (QED) is 0.504. The van der Waals surface area contributed by atoms with Gasteiger partial charge in [-0.05, 0) is 53.1 Å². The summed E-state index contributed by atoms with van der Waals surface area (Å²) in [6.07, 6.45) is 0.371. The van der Waals surface area contributed by atoms with Crippen LogP contribution in [0.4, 0.5) is 0 Å². The lowest BCUT2D eigenvalue weighted by molar-refractivity contribution is -0.185. The molecule has 0 aliphatic carbocycles. The molecule has 0 spiro atoms. The van der Waals surface area contributed by atoms with Crippen LogP contribution in [0.15, 0.2) is 72.3 Å². The number of rotatable bonds is 7. The summed E-state index contributed by atoms with van der Waals surface area (Å²) >= 11 is 0. The molecule has 184 valence electrons. The zero-order valence-electron chi connectivity index (χ0n) is 19.8. The summed E-state index contributed by atoms with van der Waals surface area (Å²) in [6.45, 7) is 0.100. The third-order valence-electron chi connectivity index (χ3n) is 6.28. The Kier molecular flexibility index (Phi) is 6.12. The van der Waals surface area contributed by atoms with E-state index in [1.807, 2.05) is 24.3 Å². The van der Waals surface area contributed by atoms with Crippen LogP contribution in [0.25, 0.3) is 5.57 Å². The van der Waals surface area contributed by atoms with Crippen LogP contribution < -0.4 is 14.2 Å². The molecule has 0 radical (unpaired) electrons. The standard InChI is InChI=1S/C28H24O8/c1-32-21-10-8-20(9-11-21)28(31)22(13-17-3-5-18(6-4-17)14-25(29)33-2)26(27(30)36-28)19-7-12-23-24(15-19)35-16-34-23/h3-12,15,31H,13-14,16H2,1-2H3. The average Bonchev–Trinajstić information content (AvgIpc) is 3.46. The molecule has 8 heteroatoms. The molecule has 8 nitrogen and oxygen atoms in total. The van der Waals surface area contributed by atoms with Crippen molar-refractivity contribution in [2.45, 2.75) is 18.6 Å². The Labute approximate surface area is 207 Å². The molecule has 2 aliphatic rings. The molecule has 0 amide bonds. The Morgan fingerprint density at radius 3 is 2.33 bits per heavy atom. The van der Waals surface area contributed by atoms with Gasteiger partial charge >= 0.3 is 11.9 Å². The Morgan fingerprint density at radius 1 is 0.944 bits per heavy atom. The van der Waals surface area contributed by atoms with Gasteiger partial charge in [-0.15, -0.1) is 0 Å². The Bertz CT molecular complexity index is 1340. The van der Waals surface area contributed by atoms with Gasteiger partial charge in [0.2, 0.25) is 6.79 Å². The van der Waals surface area contributed by atoms with E-state index in [-0.39, 0.29) is 31.2 Å². The second-order valence-corrected chi connectivity index (χ2v) is 8.43. The molecule has 2 heterocycles. The van der Waals surface area contributed by atoms with Crippen LogP contribution in [0.5, 0.6) is 17.2 Å². The maximum Gasteiger partial charge on any atom is 0.342 e. The molecular formula is C28H24O8. The first-order valence-electron chi connectivity index (χ1n) is 11.3. The van der Waals surface area contributed by atoms with Gasteiger partial charge in [0.25, 0.3) is 5.79 Å². The minimum absolute atomic E-state index is 0.100. The second-order valence-electron chi connectivity index (χ2n) is 8.43. The van der Waals surface area contributed by atoms with E-state index in [0.717, 1.165) is 11.1 Å². The van der Waals surface area contributed by atoms with Gasteiger partial charge in [-0.1, -0.05) is 30.3 Å². The predicted molar refractivity (Wildman–Crippen MR) is 128 cm³/mol. The number of methoxy groups -OCH3 is 2. The van der Waals surface area contributed by atoms with E-state index in [9.17, 15) is 14.7 Å². The summed E-state index contributed by atoms with van der Waals surface area (Å²) in [4.78, 5) is 24.8. The van der Waals surface area contributed by atoms with Crippen LogP contribution >= 0.6 is 0 Å². The van der Waals surface area contributed by atoms with Gasteiger partial charge in [-0.3, -0.25) is 4.79 Å². The molecule has 5 rings (SSSR count). The number of hydrogen-bond donors (Lipinski definition) is 1. The number of esters is 2. The van der Waals surface area contributed by atoms with Gasteiger partial charge in [0.1, 0.15) is 5.75 Å². The third-order valence-corrected chi connectivity index (χ3v) is 6.28. The Balaban J connectivity index is 1.58. The van der Waals surface area contributed by atoms with E-state index in [2.05, 4.69) is 0 Å². The van der Waals surface area contributed by atoms with Crippen molar-refractivity contribution >= 4 is 17.5 Å². The molecule has 1 atom stereocenters. The van der Waals surface area contributed by atoms with Gasteiger partial charge < -0.3 is 28.8 Å². The van der Waals surface area contributed by atoms with Crippen LogP contribution in [0.2, 0.25) is 0 Å². The van der Waals surface area contributed by atoms with Gasteiger partial charge in [0.15, 0.2) is 11.5 Å². The van der Waals surface area contributed by atoms with Gasteiger partial charge in [-0.2, -0.15) is 0 Å². The summed E-state index contributed by atoms with van der Waals surface area (Å²) in [5.74, 6) is -1.27. The van der Waals surface area contributed by atoms with Crippen LogP contribution in [0.3, 0.4) is 0 Å². The molecule has 0 aromatic heterocycles. The summed E-state index contributed by atoms with van der Waals surface area (Å²) in [5.41, 5.74) is 3.19. The lowest BCUT2D eigenvalue weighted by atomic mass is 9.87. The lowest BCUT2D eigenvalue weighted by Gasteiger charge is -2.26. The number of carbonyl (C=O) groups is 2. The topological polar surface area (TPSA) is 101 Å². The van der Waals surface area contributed by atoms with Crippen molar-refractivity contribution in [1.29, 1.82) is 0 Å². The first-order valence-corrected chi connectivity index (χ1v) is 11.3. The Hall–Kier alpha value is -4.30. The first-order chi connectivity index (χ1) is 17.4. The van der Waals surface area contributed by atoms with Crippen LogP contribution in [0.1, 0.15) is 22.3 Å². The normalized spacial score (nSPS) is 18.2. The molecule has 3 aromatic rings. The molecule has 0 saturated carbocycles. The maximum absolute atomic E-state index is 13.2. The van der Waals surface area contributed by atoms with Crippen molar-refractivity contribution in [2.75, 3.05) is 21.0 Å². The molecule has 3 aromatic carbocycles. The molecule has 1 unspecified atom stereocenters. The maximum atomic E-state index is 13.2. The average molecular weight is 488 g/mol. The molecule has 0 saturated heterocycles. The van der Waals surface area contributed by atoms with E-state index < -0.39 is 11.8 Å². The van der Waals surface area contributed by atoms with Crippen molar-refractivity contribution in [3.8, 4) is 17.2 Å². The lowest BCUT2D eigenvalue weighted by Crippen LogP contribution is -2.29. The van der Waals surface area contributed by atoms with Crippen molar-refractivity contribution in [2.24, 2.45) is 0 Å². The van der Waals surface area contributed by atoms with E-state index in [0.29, 0.717) is 33.9 Å². The predicted octanol–water partition coefficient (Wildman–Crippen LogP) is 3.54. The highest BCUT2D eigenvalue weighted by molar-refractivity contribution is 6.20. The third kappa shape index (κ3) is 4.27. The summed E-state index contributed by atoms with van der Waals surface area (Å²) < 4.78 is 26.5. The minimum atomic E-state index is -1.99. The molecule has 36 heavy (non-hydrogen) atoms. The second kappa shape index (κ2) is 9.39. The number of hydrogen-bond acceptors (Lipinski definition) is 8. The fourth-order valence-corrected chi connectivity index (χ4v) is 4.36. The van der Waals surface area contributed by atoms with Gasteiger partial charge in [-0.25, -0.2) is 4.79 Å². The van der Waals surface area contributed by atoms with Crippen LogP contribution in [-0.4, -0.2) is 38.1 Å². The highest BCUT2D eigenvalue weighted by Crippen LogP contribution is 2.46. The molecular weight excluding hydrogens is 464 g/mol. The number of fused-ring (bicyclic) bond motifs is 1. The fourth-order valence-electron chi connectivity index (χ4n) is 4.36. The molecule has 0 bridgehead atoms. The summed E-state index contributed by atoms with van der Waals surface area (Å²) in [6, 6.07) is 19.2. The number of carbonyl (C=O) groups excluding carboxylic acids is 2. The van der Waals surface area contributed by atoms with Crippen molar-refractivity contribution < 1.29 is 38.4 Å². The number of cyclic esters (lactones) is 1. The summed E-state index contributed by atoms with van der Waals surface area (Å²) in [5, 5.41) is 11.8. The van der Waals surface area contributed by atoms with E-state index in [1.165, 1.54) is 7.11 Å². The monoisotopic (exact) mass is 488 g/mol. The zero-order valence-corrected chi connectivity index (χ0v) is 19.8. The highest BCUT2D eigenvalue weighted by Gasteiger charge is 2.48.